The molecule has 0 fully saturated rings. The average molecular weight is 330 g/mol. The molecular weight excluding hydrogens is 318 g/mol. The van der Waals surface area contributed by atoms with E-state index in [0.29, 0.717) is 12.4 Å². The number of rotatable bonds is 3. The molecule has 0 aliphatic rings. The zero-order valence-corrected chi connectivity index (χ0v) is 12.1. The molecule has 5 heteroatoms. The third-order valence-electron chi connectivity index (χ3n) is 2.90. The second kappa shape index (κ2) is 5.46. The van der Waals surface area contributed by atoms with Gasteiger partial charge in [-0.1, -0.05) is 40.2 Å². The van der Waals surface area contributed by atoms with Crippen molar-refractivity contribution in [1.82, 2.24) is 9.97 Å². The minimum atomic E-state index is -0.0952. The Kier molecular flexibility index (Phi) is 3.52. The molecular formula is C15H12BrN3O. The van der Waals surface area contributed by atoms with Crippen molar-refractivity contribution in [2.75, 3.05) is 5.32 Å². The van der Waals surface area contributed by atoms with Gasteiger partial charge < -0.3 is 4.98 Å². The molecule has 0 bridgehead atoms. The molecule has 1 heterocycles. The SMILES string of the molecule is O=C(Cc1cccc(Br)c1)Nc1nc2ccccc2[nH]1. The van der Waals surface area contributed by atoms with Gasteiger partial charge >= 0.3 is 0 Å². The van der Waals surface area contributed by atoms with Crippen LogP contribution < -0.4 is 5.32 Å². The summed E-state index contributed by atoms with van der Waals surface area (Å²) in [6.45, 7) is 0. The van der Waals surface area contributed by atoms with E-state index in [1.807, 2.05) is 48.5 Å². The lowest BCUT2D eigenvalue weighted by Crippen LogP contribution is -2.15. The number of halogens is 1. The predicted molar refractivity (Wildman–Crippen MR) is 82.6 cm³/mol. The van der Waals surface area contributed by atoms with Crippen molar-refractivity contribution < 1.29 is 4.79 Å². The van der Waals surface area contributed by atoms with Gasteiger partial charge in [0.25, 0.3) is 0 Å². The largest absolute Gasteiger partial charge is 0.324 e. The van der Waals surface area contributed by atoms with E-state index < -0.39 is 0 Å². The first-order chi connectivity index (χ1) is 9.70. The zero-order chi connectivity index (χ0) is 13.9. The highest BCUT2D eigenvalue weighted by atomic mass is 79.9. The molecule has 0 unspecified atom stereocenters. The molecule has 4 nitrogen and oxygen atoms in total. The Morgan fingerprint density at radius 1 is 1.20 bits per heavy atom. The Bertz CT molecular complexity index is 733. The van der Waals surface area contributed by atoms with Gasteiger partial charge in [-0.05, 0) is 29.8 Å². The summed E-state index contributed by atoms with van der Waals surface area (Å²) in [5.41, 5.74) is 2.70. The number of fused-ring (bicyclic) bond motifs is 1. The maximum Gasteiger partial charge on any atom is 0.231 e. The fraction of sp³-hybridized carbons (Fsp3) is 0.0667. The molecule has 0 saturated heterocycles. The molecule has 100 valence electrons. The number of H-pyrrole nitrogens is 1. The maximum absolute atomic E-state index is 12.0. The van der Waals surface area contributed by atoms with Crippen molar-refractivity contribution in [3.05, 3.63) is 58.6 Å². The summed E-state index contributed by atoms with van der Waals surface area (Å²) in [6.07, 6.45) is 0.316. The van der Waals surface area contributed by atoms with Gasteiger partial charge in [0.1, 0.15) is 0 Å². The van der Waals surface area contributed by atoms with E-state index >= 15 is 0 Å². The number of nitrogens with one attached hydrogen (secondary N) is 2. The van der Waals surface area contributed by atoms with E-state index in [2.05, 4.69) is 31.2 Å². The number of hydrogen-bond acceptors (Lipinski definition) is 2. The number of imidazole rings is 1. The van der Waals surface area contributed by atoms with Crippen molar-refractivity contribution in [2.24, 2.45) is 0 Å². The standard InChI is InChI=1S/C15H12BrN3O/c16-11-5-3-4-10(8-11)9-14(20)19-15-17-12-6-1-2-7-13(12)18-15/h1-8H,9H2,(H2,17,18,19,20). The van der Waals surface area contributed by atoms with Crippen LogP contribution in [0.3, 0.4) is 0 Å². The summed E-state index contributed by atoms with van der Waals surface area (Å²) in [5.74, 6) is 0.383. The topological polar surface area (TPSA) is 57.8 Å². The fourth-order valence-electron chi connectivity index (χ4n) is 2.02. The number of nitrogens with zero attached hydrogens (tertiary/aromatic N) is 1. The zero-order valence-electron chi connectivity index (χ0n) is 10.6. The number of aromatic nitrogens is 2. The molecule has 3 aromatic rings. The van der Waals surface area contributed by atoms with Crippen molar-refractivity contribution in [3.63, 3.8) is 0 Å². The summed E-state index contributed by atoms with van der Waals surface area (Å²) in [4.78, 5) is 19.4. The van der Waals surface area contributed by atoms with E-state index in [4.69, 9.17) is 0 Å². The molecule has 20 heavy (non-hydrogen) atoms. The van der Waals surface area contributed by atoms with Gasteiger partial charge in [-0.2, -0.15) is 0 Å². The number of hydrogen-bond donors (Lipinski definition) is 2. The summed E-state index contributed by atoms with van der Waals surface area (Å²) >= 11 is 3.39. The van der Waals surface area contributed by atoms with Crippen LogP contribution in [0.1, 0.15) is 5.56 Å². The molecule has 0 aliphatic heterocycles. The van der Waals surface area contributed by atoms with Crippen LogP contribution in [0.2, 0.25) is 0 Å². The number of aromatic amines is 1. The lowest BCUT2D eigenvalue weighted by atomic mass is 10.1. The summed E-state index contributed by atoms with van der Waals surface area (Å²) in [5, 5.41) is 2.78. The van der Waals surface area contributed by atoms with Gasteiger partial charge in [0, 0.05) is 4.47 Å². The van der Waals surface area contributed by atoms with Gasteiger partial charge in [0.05, 0.1) is 17.5 Å². The van der Waals surface area contributed by atoms with Crippen LogP contribution in [-0.4, -0.2) is 15.9 Å². The number of carbonyl (C=O) groups is 1. The van der Waals surface area contributed by atoms with Crippen LogP contribution in [0.25, 0.3) is 11.0 Å². The van der Waals surface area contributed by atoms with Gasteiger partial charge in [-0.25, -0.2) is 4.98 Å². The number of amides is 1. The second-order valence-corrected chi connectivity index (χ2v) is 5.37. The third kappa shape index (κ3) is 2.88. The van der Waals surface area contributed by atoms with Crippen LogP contribution in [0, 0.1) is 0 Å². The normalized spacial score (nSPS) is 10.7. The molecule has 0 aliphatic carbocycles. The molecule has 0 atom stereocenters. The van der Waals surface area contributed by atoms with E-state index in [9.17, 15) is 4.79 Å². The quantitative estimate of drug-likeness (QED) is 0.772. The number of benzene rings is 2. The first kappa shape index (κ1) is 12.9. The number of para-hydroxylation sites is 2. The Morgan fingerprint density at radius 2 is 2.05 bits per heavy atom. The van der Waals surface area contributed by atoms with Crippen LogP contribution >= 0.6 is 15.9 Å². The Balaban J connectivity index is 1.72. The van der Waals surface area contributed by atoms with Crippen LogP contribution in [0.4, 0.5) is 5.95 Å². The highest BCUT2D eigenvalue weighted by Gasteiger charge is 2.07. The van der Waals surface area contributed by atoms with Gasteiger partial charge in [-0.3, -0.25) is 10.1 Å². The molecule has 1 aromatic heterocycles. The lowest BCUT2D eigenvalue weighted by molar-refractivity contribution is -0.115. The average Bonchev–Trinajstić information content (AvgIpc) is 2.80. The third-order valence-corrected chi connectivity index (χ3v) is 3.39. The predicted octanol–water partition coefficient (Wildman–Crippen LogP) is 3.51. The van der Waals surface area contributed by atoms with E-state index in [-0.39, 0.29) is 5.91 Å². The molecule has 2 N–H and O–H groups in total. The van der Waals surface area contributed by atoms with Gasteiger partial charge in [0.15, 0.2) is 0 Å². The number of anilines is 1. The summed E-state index contributed by atoms with van der Waals surface area (Å²) in [6, 6.07) is 15.3. The van der Waals surface area contributed by atoms with Crippen molar-refractivity contribution >= 4 is 38.8 Å². The molecule has 2 aromatic carbocycles. The van der Waals surface area contributed by atoms with E-state index in [1.165, 1.54) is 0 Å². The smallest absolute Gasteiger partial charge is 0.231 e. The maximum atomic E-state index is 12.0. The Morgan fingerprint density at radius 3 is 2.85 bits per heavy atom. The van der Waals surface area contributed by atoms with E-state index in [1.54, 1.807) is 0 Å². The Hall–Kier alpha value is -2.14. The van der Waals surface area contributed by atoms with Crippen molar-refractivity contribution in [2.45, 2.75) is 6.42 Å². The summed E-state index contributed by atoms with van der Waals surface area (Å²) in [7, 11) is 0. The fourth-order valence-corrected chi connectivity index (χ4v) is 2.47. The molecule has 1 amide bonds. The van der Waals surface area contributed by atoms with Gasteiger partial charge in [-0.15, -0.1) is 0 Å². The minimum absolute atomic E-state index is 0.0952. The number of carbonyl (C=O) groups excluding carboxylic acids is 1. The molecule has 0 spiro atoms. The van der Waals surface area contributed by atoms with Crippen LogP contribution in [-0.2, 0) is 11.2 Å². The van der Waals surface area contributed by atoms with Crippen LogP contribution in [0.5, 0.6) is 0 Å². The summed E-state index contributed by atoms with van der Waals surface area (Å²) < 4.78 is 0.964. The van der Waals surface area contributed by atoms with Crippen molar-refractivity contribution in [3.8, 4) is 0 Å². The highest BCUT2D eigenvalue weighted by Crippen LogP contribution is 2.15. The first-order valence-electron chi connectivity index (χ1n) is 6.20. The minimum Gasteiger partial charge on any atom is -0.324 e. The Labute approximate surface area is 124 Å². The lowest BCUT2D eigenvalue weighted by Gasteiger charge is -2.02. The first-order valence-corrected chi connectivity index (χ1v) is 6.99. The molecule has 3 rings (SSSR count). The second-order valence-electron chi connectivity index (χ2n) is 4.46. The van der Waals surface area contributed by atoms with Crippen LogP contribution in [0.15, 0.2) is 53.0 Å². The molecule has 0 saturated carbocycles. The highest BCUT2D eigenvalue weighted by molar-refractivity contribution is 9.10. The monoisotopic (exact) mass is 329 g/mol. The molecule has 0 radical (unpaired) electrons. The van der Waals surface area contributed by atoms with E-state index in [0.717, 1.165) is 21.1 Å². The van der Waals surface area contributed by atoms with Crippen molar-refractivity contribution in [1.29, 1.82) is 0 Å². The van der Waals surface area contributed by atoms with Gasteiger partial charge in [0.2, 0.25) is 11.9 Å².